The zero-order valence-corrected chi connectivity index (χ0v) is 10.5. The van der Waals surface area contributed by atoms with Gasteiger partial charge in [0.25, 0.3) is 0 Å². The van der Waals surface area contributed by atoms with Gasteiger partial charge < -0.3 is 10.5 Å². The molecule has 0 amide bonds. The summed E-state index contributed by atoms with van der Waals surface area (Å²) in [7, 11) is 1.43. The van der Waals surface area contributed by atoms with Gasteiger partial charge in [0.05, 0.1) is 12.8 Å². The Bertz CT molecular complexity index is 599. The van der Waals surface area contributed by atoms with E-state index < -0.39 is 5.82 Å². The molecule has 18 heavy (non-hydrogen) atoms. The van der Waals surface area contributed by atoms with Crippen LogP contribution in [0.4, 0.5) is 10.2 Å². The Labute approximate surface area is 105 Å². The van der Waals surface area contributed by atoms with Crippen LogP contribution in [0.25, 0.3) is 11.3 Å². The van der Waals surface area contributed by atoms with Crippen molar-refractivity contribution in [1.82, 2.24) is 9.97 Å². The number of halogens is 1. The lowest BCUT2D eigenvalue weighted by Gasteiger charge is -2.09. The molecule has 0 radical (unpaired) electrons. The second kappa shape index (κ2) is 4.60. The third-order valence-electron chi connectivity index (χ3n) is 2.72. The molecule has 0 aliphatic heterocycles. The molecule has 2 rings (SSSR count). The predicted octanol–water partition coefficient (Wildman–Crippen LogP) is 2.49. The molecule has 0 atom stereocenters. The van der Waals surface area contributed by atoms with Crippen LogP contribution >= 0.6 is 0 Å². The fourth-order valence-electron chi connectivity index (χ4n) is 1.74. The number of hydrogen-bond donors (Lipinski definition) is 1. The normalized spacial score (nSPS) is 10.4. The van der Waals surface area contributed by atoms with Gasteiger partial charge in [0.1, 0.15) is 11.6 Å². The van der Waals surface area contributed by atoms with Crippen molar-refractivity contribution in [2.24, 2.45) is 0 Å². The second-order valence-electron chi connectivity index (χ2n) is 3.98. The molecule has 0 saturated heterocycles. The Balaban J connectivity index is 2.58. The average Bonchev–Trinajstić information content (AvgIpc) is 2.33. The van der Waals surface area contributed by atoms with Crippen molar-refractivity contribution in [3.63, 3.8) is 0 Å². The Hall–Kier alpha value is -2.17. The highest BCUT2D eigenvalue weighted by Crippen LogP contribution is 2.28. The Morgan fingerprint density at radius 1 is 1.22 bits per heavy atom. The predicted molar refractivity (Wildman–Crippen MR) is 67.9 cm³/mol. The molecule has 2 N–H and O–H groups in total. The summed E-state index contributed by atoms with van der Waals surface area (Å²) in [4.78, 5) is 8.37. The smallest absolute Gasteiger partial charge is 0.165 e. The van der Waals surface area contributed by atoms with E-state index in [0.29, 0.717) is 22.9 Å². The number of methoxy groups -OCH3 is 1. The molecule has 1 aromatic heterocycles. The molecule has 1 aromatic carbocycles. The highest BCUT2D eigenvalue weighted by molar-refractivity contribution is 5.67. The Kier molecular flexibility index (Phi) is 3.14. The maximum Gasteiger partial charge on any atom is 0.165 e. The van der Waals surface area contributed by atoms with Crippen molar-refractivity contribution in [2.75, 3.05) is 12.8 Å². The number of aryl methyl sites for hydroxylation is 1. The lowest BCUT2D eigenvalue weighted by Crippen LogP contribution is -2.02. The summed E-state index contributed by atoms with van der Waals surface area (Å²) in [6.45, 7) is 3.56. The first kappa shape index (κ1) is 12.3. The number of nitrogens with two attached hydrogens (primary N) is 1. The number of nitrogen functional groups attached to an aromatic ring is 1. The van der Waals surface area contributed by atoms with Gasteiger partial charge in [-0.15, -0.1) is 0 Å². The van der Waals surface area contributed by atoms with Crippen LogP contribution < -0.4 is 10.5 Å². The largest absolute Gasteiger partial charge is 0.494 e. The van der Waals surface area contributed by atoms with Crippen molar-refractivity contribution in [3.05, 3.63) is 35.4 Å². The molecule has 0 aliphatic rings. The zero-order chi connectivity index (χ0) is 13.3. The highest BCUT2D eigenvalue weighted by Gasteiger charge is 2.11. The Morgan fingerprint density at radius 3 is 2.56 bits per heavy atom. The second-order valence-corrected chi connectivity index (χ2v) is 3.98. The van der Waals surface area contributed by atoms with Gasteiger partial charge in [-0.1, -0.05) is 0 Å². The number of ether oxygens (including phenoxy) is 1. The monoisotopic (exact) mass is 247 g/mol. The summed E-state index contributed by atoms with van der Waals surface area (Å²) in [6, 6.07) is 4.70. The van der Waals surface area contributed by atoms with Crippen LogP contribution in [0.3, 0.4) is 0 Å². The van der Waals surface area contributed by atoms with Gasteiger partial charge in [0.15, 0.2) is 11.6 Å². The van der Waals surface area contributed by atoms with Crippen LogP contribution in [0.2, 0.25) is 0 Å². The first-order chi connectivity index (χ1) is 8.52. The van der Waals surface area contributed by atoms with Gasteiger partial charge in [-0.3, -0.25) is 0 Å². The summed E-state index contributed by atoms with van der Waals surface area (Å²) in [6.07, 6.45) is 0. The van der Waals surface area contributed by atoms with E-state index in [9.17, 15) is 4.39 Å². The first-order valence-electron chi connectivity index (χ1n) is 5.47. The summed E-state index contributed by atoms with van der Waals surface area (Å²) in [5.74, 6) is 0.748. The lowest BCUT2D eigenvalue weighted by atomic mass is 10.1. The molecular weight excluding hydrogens is 233 g/mol. The van der Waals surface area contributed by atoms with E-state index in [0.717, 1.165) is 5.56 Å². The van der Waals surface area contributed by atoms with Crippen LogP contribution in [0.5, 0.6) is 5.75 Å². The lowest BCUT2D eigenvalue weighted by molar-refractivity contribution is 0.386. The van der Waals surface area contributed by atoms with Gasteiger partial charge in [-0.05, 0) is 32.0 Å². The average molecular weight is 247 g/mol. The number of benzene rings is 1. The SMILES string of the molecule is COc1ccc(-c2nc(C)nc(N)c2C)cc1F. The summed E-state index contributed by atoms with van der Waals surface area (Å²) in [5, 5.41) is 0. The third-order valence-corrected chi connectivity index (χ3v) is 2.72. The van der Waals surface area contributed by atoms with Gasteiger partial charge in [-0.25, -0.2) is 14.4 Å². The molecule has 4 nitrogen and oxygen atoms in total. The molecular formula is C13H14FN3O. The number of aromatic nitrogens is 2. The third kappa shape index (κ3) is 2.11. The highest BCUT2D eigenvalue weighted by atomic mass is 19.1. The van der Waals surface area contributed by atoms with Crippen molar-refractivity contribution >= 4 is 5.82 Å². The maximum absolute atomic E-state index is 13.7. The number of anilines is 1. The molecule has 0 bridgehead atoms. The molecule has 1 heterocycles. The van der Waals surface area contributed by atoms with Crippen LogP contribution in [0.1, 0.15) is 11.4 Å². The molecule has 0 unspecified atom stereocenters. The Morgan fingerprint density at radius 2 is 1.94 bits per heavy atom. The fraction of sp³-hybridized carbons (Fsp3) is 0.231. The minimum Gasteiger partial charge on any atom is -0.494 e. The van der Waals surface area contributed by atoms with Crippen LogP contribution in [-0.4, -0.2) is 17.1 Å². The van der Waals surface area contributed by atoms with E-state index in [1.54, 1.807) is 19.1 Å². The standard InChI is InChI=1S/C13H14FN3O/c1-7-12(16-8(2)17-13(7)15)9-4-5-11(18-3)10(14)6-9/h4-6H,1-3H3,(H2,15,16,17). The minimum atomic E-state index is -0.427. The maximum atomic E-state index is 13.7. The van der Waals surface area contributed by atoms with E-state index >= 15 is 0 Å². The molecule has 5 heteroatoms. The fourth-order valence-corrected chi connectivity index (χ4v) is 1.74. The zero-order valence-electron chi connectivity index (χ0n) is 10.5. The number of nitrogens with zero attached hydrogens (tertiary/aromatic N) is 2. The molecule has 2 aromatic rings. The molecule has 0 fully saturated rings. The van der Waals surface area contributed by atoms with Crippen molar-refractivity contribution < 1.29 is 9.13 Å². The van der Waals surface area contributed by atoms with Gasteiger partial charge in [0.2, 0.25) is 0 Å². The summed E-state index contributed by atoms with van der Waals surface area (Å²) in [5.41, 5.74) is 7.82. The van der Waals surface area contributed by atoms with Crippen molar-refractivity contribution in [1.29, 1.82) is 0 Å². The van der Waals surface area contributed by atoms with Crippen molar-refractivity contribution in [3.8, 4) is 17.0 Å². The van der Waals surface area contributed by atoms with E-state index in [1.807, 2.05) is 6.92 Å². The van der Waals surface area contributed by atoms with E-state index in [4.69, 9.17) is 10.5 Å². The van der Waals surface area contributed by atoms with Gasteiger partial charge in [-0.2, -0.15) is 0 Å². The van der Waals surface area contributed by atoms with E-state index in [2.05, 4.69) is 9.97 Å². The molecule has 0 aliphatic carbocycles. The summed E-state index contributed by atoms with van der Waals surface area (Å²) >= 11 is 0. The first-order valence-corrected chi connectivity index (χ1v) is 5.47. The molecule has 0 saturated carbocycles. The summed E-state index contributed by atoms with van der Waals surface area (Å²) < 4.78 is 18.6. The van der Waals surface area contributed by atoms with E-state index in [1.165, 1.54) is 13.2 Å². The molecule has 0 spiro atoms. The van der Waals surface area contributed by atoms with Crippen LogP contribution in [0, 0.1) is 19.7 Å². The van der Waals surface area contributed by atoms with Crippen LogP contribution in [0.15, 0.2) is 18.2 Å². The number of hydrogen-bond acceptors (Lipinski definition) is 4. The van der Waals surface area contributed by atoms with E-state index in [-0.39, 0.29) is 5.75 Å². The van der Waals surface area contributed by atoms with Crippen LogP contribution in [-0.2, 0) is 0 Å². The minimum absolute atomic E-state index is 0.204. The van der Waals surface area contributed by atoms with Gasteiger partial charge >= 0.3 is 0 Å². The van der Waals surface area contributed by atoms with Gasteiger partial charge in [0, 0.05) is 11.1 Å². The molecule has 94 valence electrons. The quantitative estimate of drug-likeness (QED) is 0.885. The van der Waals surface area contributed by atoms with Crippen molar-refractivity contribution in [2.45, 2.75) is 13.8 Å². The number of rotatable bonds is 2. The topological polar surface area (TPSA) is 61.0 Å².